The summed E-state index contributed by atoms with van der Waals surface area (Å²) >= 11 is 0. The maximum Gasteiger partial charge on any atom is 0.256 e. The van der Waals surface area contributed by atoms with Gasteiger partial charge in [-0.1, -0.05) is 12.1 Å². The van der Waals surface area contributed by atoms with Gasteiger partial charge in [-0.2, -0.15) is 0 Å². The van der Waals surface area contributed by atoms with Gasteiger partial charge in [-0.3, -0.25) is 24.3 Å². The number of ether oxygens (including phenoxy) is 4. The zero-order chi connectivity index (χ0) is 27.9. The molecule has 0 aliphatic carbocycles. The number of rotatable bonds is 5. The second kappa shape index (κ2) is 13.2. The highest BCUT2D eigenvalue weighted by molar-refractivity contribution is 5.96. The molecule has 2 aromatic rings. The van der Waals surface area contributed by atoms with Crippen LogP contribution in [0.5, 0.6) is 11.5 Å². The van der Waals surface area contributed by atoms with E-state index in [0.29, 0.717) is 63.1 Å². The number of hydrogen-bond acceptors (Lipinski definition) is 9. The van der Waals surface area contributed by atoms with Crippen LogP contribution in [0.2, 0.25) is 0 Å². The zero-order valence-corrected chi connectivity index (χ0v) is 22.6. The molecule has 214 valence electrons. The van der Waals surface area contributed by atoms with Gasteiger partial charge in [0.05, 0.1) is 63.4 Å². The van der Waals surface area contributed by atoms with Gasteiger partial charge in [0.2, 0.25) is 11.8 Å². The lowest BCUT2D eigenvalue weighted by Crippen LogP contribution is -2.49. The van der Waals surface area contributed by atoms with Crippen molar-refractivity contribution in [3.05, 3.63) is 53.9 Å². The van der Waals surface area contributed by atoms with Crippen LogP contribution in [0.25, 0.3) is 0 Å². The molecule has 0 spiro atoms. The third-order valence-corrected chi connectivity index (χ3v) is 7.16. The summed E-state index contributed by atoms with van der Waals surface area (Å²) in [7, 11) is 1.54. The maximum absolute atomic E-state index is 13.4. The summed E-state index contributed by atoms with van der Waals surface area (Å²) < 4.78 is 22.8. The highest BCUT2D eigenvalue weighted by atomic mass is 16.5. The summed E-state index contributed by atoms with van der Waals surface area (Å²) in [4.78, 5) is 48.9. The monoisotopic (exact) mass is 553 g/mol. The zero-order valence-electron chi connectivity index (χ0n) is 22.6. The summed E-state index contributed by atoms with van der Waals surface area (Å²) in [6, 6.07) is 8.74. The fourth-order valence-corrected chi connectivity index (χ4v) is 5.08. The molecular weight excluding hydrogens is 518 g/mol. The first-order valence-electron chi connectivity index (χ1n) is 13.5. The van der Waals surface area contributed by atoms with E-state index < -0.39 is 0 Å². The molecule has 12 nitrogen and oxygen atoms in total. The molecule has 1 aromatic heterocycles. The number of aromatic nitrogens is 1. The minimum absolute atomic E-state index is 0.0315. The Kier molecular flexibility index (Phi) is 9.22. The number of benzene rings is 1. The number of fused-ring (bicyclic) bond motifs is 5. The lowest BCUT2D eigenvalue weighted by Gasteiger charge is -2.28. The minimum Gasteiger partial charge on any atom is -0.456 e. The van der Waals surface area contributed by atoms with Crippen molar-refractivity contribution in [1.29, 1.82) is 0 Å². The minimum atomic E-state index is -0.360. The Morgan fingerprint density at radius 1 is 1.12 bits per heavy atom. The molecule has 4 bridgehead atoms. The predicted molar refractivity (Wildman–Crippen MR) is 143 cm³/mol. The maximum atomic E-state index is 13.4. The number of methoxy groups -OCH3 is 1. The van der Waals surface area contributed by atoms with Crippen molar-refractivity contribution in [3.8, 4) is 11.5 Å². The first kappa shape index (κ1) is 28.0. The van der Waals surface area contributed by atoms with Crippen molar-refractivity contribution in [2.24, 2.45) is 0 Å². The van der Waals surface area contributed by atoms with E-state index in [1.54, 1.807) is 18.1 Å². The summed E-state index contributed by atoms with van der Waals surface area (Å²) in [6.07, 6.45) is 2.64. The van der Waals surface area contributed by atoms with Crippen LogP contribution < -0.4 is 10.1 Å². The van der Waals surface area contributed by atoms with Gasteiger partial charge >= 0.3 is 0 Å². The highest BCUT2D eigenvalue weighted by Gasteiger charge is 2.36. The number of nitrogens with one attached hydrogen (secondary N) is 1. The quantitative estimate of drug-likeness (QED) is 0.565. The van der Waals surface area contributed by atoms with Gasteiger partial charge in [0, 0.05) is 46.0 Å². The van der Waals surface area contributed by atoms with E-state index in [2.05, 4.69) is 10.3 Å². The fourth-order valence-electron chi connectivity index (χ4n) is 5.08. The Morgan fingerprint density at radius 3 is 2.80 bits per heavy atom. The lowest BCUT2D eigenvalue weighted by molar-refractivity contribution is -0.136. The number of amides is 3. The standard InChI is InChI=1S/C28H35N5O7/c1-37-8-5-33-17-26(34)30-24-15-31(18-27(35)32-6-9-38-10-7-32)16-25(24)39-19-20-3-2-4-22(11-20)40-23-12-21(28(33)36)13-29-14-23/h2-4,11-14,24-25H,5-10,15-19H2,1H3,(H,30,34)/t24-,25-/m0/s1. The van der Waals surface area contributed by atoms with Gasteiger partial charge in [-0.05, 0) is 23.8 Å². The second-order valence-electron chi connectivity index (χ2n) is 10.1. The van der Waals surface area contributed by atoms with Crippen LogP contribution in [0.3, 0.4) is 0 Å². The number of morpholine rings is 1. The molecule has 1 N–H and O–H groups in total. The molecule has 2 atom stereocenters. The fraction of sp³-hybridized carbons (Fsp3) is 0.500. The number of hydrogen-bond donors (Lipinski definition) is 1. The molecule has 4 heterocycles. The molecule has 3 amide bonds. The number of likely N-dealkylation sites (tertiary alicyclic amines) is 1. The Hall–Kier alpha value is -3.58. The van der Waals surface area contributed by atoms with E-state index >= 15 is 0 Å². The second-order valence-corrected chi connectivity index (χ2v) is 10.1. The molecular formula is C28H35N5O7. The Labute approximate surface area is 233 Å². The Morgan fingerprint density at radius 2 is 1.98 bits per heavy atom. The molecule has 2 fully saturated rings. The average molecular weight is 554 g/mol. The third-order valence-electron chi connectivity index (χ3n) is 7.16. The van der Waals surface area contributed by atoms with E-state index in [0.717, 1.165) is 5.56 Å². The third kappa shape index (κ3) is 7.13. The van der Waals surface area contributed by atoms with Gasteiger partial charge in [-0.25, -0.2) is 0 Å². The predicted octanol–water partition coefficient (Wildman–Crippen LogP) is 0.521. The lowest BCUT2D eigenvalue weighted by atomic mass is 10.2. The molecule has 40 heavy (non-hydrogen) atoms. The number of carbonyl (C=O) groups is 3. The van der Waals surface area contributed by atoms with Crippen molar-refractivity contribution < 1.29 is 33.3 Å². The van der Waals surface area contributed by atoms with Crippen molar-refractivity contribution in [3.63, 3.8) is 0 Å². The van der Waals surface area contributed by atoms with Crippen LogP contribution in [-0.4, -0.2) is 122 Å². The molecule has 0 saturated carbocycles. The van der Waals surface area contributed by atoms with Gasteiger partial charge in [0.15, 0.2) is 0 Å². The summed E-state index contributed by atoms with van der Waals surface area (Å²) in [5, 5.41) is 3.06. The smallest absolute Gasteiger partial charge is 0.256 e. The molecule has 1 aromatic carbocycles. The van der Waals surface area contributed by atoms with Gasteiger partial charge in [0.25, 0.3) is 5.91 Å². The highest BCUT2D eigenvalue weighted by Crippen LogP contribution is 2.24. The van der Waals surface area contributed by atoms with Crippen molar-refractivity contribution in [2.75, 3.05) is 72.7 Å². The average Bonchev–Trinajstić information content (AvgIpc) is 3.34. The summed E-state index contributed by atoms with van der Waals surface area (Å²) in [5.41, 5.74) is 1.20. The van der Waals surface area contributed by atoms with Crippen molar-refractivity contribution >= 4 is 17.7 Å². The molecule has 12 heteroatoms. The first-order valence-corrected chi connectivity index (χ1v) is 13.5. The number of pyridine rings is 1. The topological polar surface area (TPSA) is 123 Å². The molecule has 0 unspecified atom stereocenters. The first-order chi connectivity index (χ1) is 19.5. The number of nitrogens with zero attached hydrogens (tertiary/aromatic N) is 4. The molecule has 3 aliphatic heterocycles. The largest absolute Gasteiger partial charge is 0.456 e. The van der Waals surface area contributed by atoms with E-state index in [4.69, 9.17) is 18.9 Å². The van der Waals surface area contributed by atoms with E-state index in [1.165, 1.54) is 17.3 Å². The number of carbonyl (C=O) groups excluding carboxylic acids is 3. The Balaban J connectivity index is 1.37. The van der Waals surface area contributed by atoms with E-state index in [9.17, 15) is 14.4 Å². The van der Waals surface area contributed by atoms with Gasteiger partial charge < -0.3 is 34.1 Å². The van der Waals surface area contributed by atoms with E-state index in [-0.39, 0.29) is 56.1 Å². The summed E-state index contributed by atoms with van der Waals surface area (Å²) in [6.45, 7) is 4.03. The molecule has 5 rings (SSSR count). The van der Waals surface area contributed by atoms with Gasteiger partial charge in [0.1, 0.15) is 11.5 Å². The van der Waals surface area contributed by atoms with Crippen LogP contribution >= 0.6 is 0 Å². The van der Waals surface area contributed by atoms with Crippen LogP contribution in [0, 0.1) is 0 Å². The molecule has 2 saturated heterocycles. The normalized spacial score (nSPS) is 22.4. The van der Waals surface area contributed by atoms with Gasteiger partial charge in [-0.15, -0.1) is 0 Å². The van der Waals surface area contributed by atoms with Crippen LogP contribution in [0.1, 0.15) is 15.9 Å². The van der Waals surface area contributed by atoms with Crippen LogP contribution in [-0.2, 0) is 30.4 Å². The van der Waals surface area contributed by atoms with Crippen LogP contribution in [0.4, 0.5) is 0 Å². The Bertz CT molecular complexity index is 1210. The molecule has 3 aliphatic rings. The SMILES string of the molecule is COCCN1CC(=O)N[C@H]2CN(CC(=O)N3CCOCC3)C[C@@H]2OCc2cccc(c2)Oc2cncc(c2)C1=O. The summed E-state index contributed by atoms with van der Waals surface area (Å²) in [5.74, 6) is 0.346. The van der Waals surface area contributed by atoms with Crippen LogP contribution in [0.15, 0.2) is 42.7 Å². The van der Waals surface area contributed by atoms with E-state index in [1.807, 2.05) is 29.2 Å². The van der Waals surface area contributed by atoms with Crippen molar-refractivity contribution in [1.82, 2.24) is 25.0 Å². The molecule has 0 radical (unpaired) electrons. The van der Waals surface area contributed by atoms with Crippen molar-refractivity contribution in [2.45, 2.75) is 18.8 Å².